The largest absolute Gasteiger partial charge is 0.457 e. The van der Waals surface area contributed by atoms with Crippen LogP contribution >= 0.6 is 39.1 Å². The molecule has 0 unspecified atom stereocenters. The third-order valence-corrected chi connectivity index (χ3v) is 8.85. The molecule has 4 aromatic carbocycles. The Morgan fingerprint density at radius 3 is 2.37 bits per heavy atom. The molecule has 0 bridgehead atoms. The van der Waals surface area contributed by atoms with Crippen molar-refractivity contribution in [3.63, 3.8) is 0 Å². The summed E-state index contributed by atoms with van der Waals surface area (Å²) in [6.07, 6.45) is 0.525. The molecule has 4 aromatic rings. The summed E-state index contributed by atoms with van der Waals surface area (Å²) in [6.45, 7) is 3.26. The Balaban J connectivity index is 0.000000527. The van der Waals surface area contributed by atoms with Gasteiger partial charge in [0.05, 0.1) is 18.2 Å². The molecule has 0 aromatic heterocycles. The number of aliphatic hydroxyl groups excluding tert-OH is 1. The molecule has 0 saturated carbocycles. The lowest BCUT2D eigenvalue weighted by atomic mass is 9.67. The lowest BCUT2D eigenvalue weighted by Crippen LogP contribution is -2.52. The molecular formula is C35H32BrCl2N3O5. The second-order valence-electron chi connectivity index (χ2n) is 11.7. The highest BCUT2D eigenvalue weighted by Gasteiger charge is 2.56. The van der Waals surface area contributed by atoms with Gasteiger partial charge in [0, 0.05) is 37.8 Å². The van der Waals surface area contributed by atoms with Crippen molar-refractivity contribution in [2.45, 2.75) is 43.7 Å². The molecule has 1 saturated heterocycles. The first-order valence-electron chi connectivity index (χ1n) is 14.5. The molecule has 1 spiro atoms. The van der Waals surface area contributed by atoms with E-state index in [1.54, 1.807) is 56.3 Å². The minimum Gasteiger partial charge on any atom is -0.457 e. The summed E-state index contributed by atoms with van der Waals surface area (Å²) in [5, 5.41) is 19.5. The predicted molar refractivity (Wildman–Crippen MR) is 183 cm³/mol. The number of fused-ring (bicyclic) bond motifs is 2. The van der Waals surface area contributed by atoms with Crippen LogP contribution in [0.2, 0.25) is 10.0 Å². The number of ether oxygens (including phenoxy) is 1. The maximum absolute atomic E-state index is 13.6. The van der Waals surface area contributed by atoms with Gasteiger partial charge in [-0.1, -0.05) is 63.4 Å². The van der Waals surface area contributed by atoms with E-state index in [0.717, 1.165) is 15.1 Å². The molecule has 3 amide bonds. The number of halogens is 3. The minimum absolute atomic E-state index is 0.159. The quantitative estimate of drug-likeness (QED) is 0.164. The standard InChI is InChI=1S/C29H27BrClN3O5.C6H5Cl/c1-28(2,15-35)34-26(37)16-3-7-19(8-4-16)39-23-10-5-17(30)13-20(23)25-29(12-11-24(36)33-25)21-9-6-18(31)14-22(21)32-27(29)38;7-6-4-2-1-3-5-6/h3-10,13-14,25,35H,11-12,15H2,1-2H3,(H,32,38)(H,33,36)(H,34,37);1-5H/t25-,29-;/m1./s1. The summed E-state index contributed by atoms with van der Waals surface area (Å²) in [5.74, 6) is 0.238. The van der Waals surface area contributed by atoms with Gasteiger partial charge in [0.25, 0.3) is 5.91 Å². The number of carbonyl (C=O) groups is 3. The Morgan fingerprint density at radius 1 is 1.00 bits per heavy atom. The van der Waals surface area contributed by atoms with Gasteiger partial charge in [-0.25, -0.2) is 0 Å². The zero-order valence-electron chi connectivity index (χ0n) is 25.1. The highest BCUT2D eigenvalue weighted by molar-refractivity contribution is 9.10. The zero-order valence-corrected chi connectivity index (χ0v) is 28.2. The topological polar surface area (TPSA) is 117 Å². The summed E-state index contributed by atoms with van der Waals surface area (Å²) in [5.41, 5.74) is 0.639. The number of hydrogen-bond donors (Lipinski definition) is 4. The highest BCUT2D eigenvalue weighted by Crippen LogP contribution is 2.53. The Bertz CT molecular complexity index is 1770. The summed E-state index contributed by atoms with van der Waals surface area (Å²) in [6, 6.07) is 26.1. The van der Waals surface area contributed by atoms with E-state index < -0.39 is 17.0 Å². The average molecular weight is 725 g/mol. The molecule has 6 rings (SSSR count). The van der Waals surface area contributed by atoms with E-state index in [9.17, 15) is 19.5 Å². The Labute approximate surface area is 285 Å². The van der Waals surface area contributed by atoms with Crippen LogP contribution in [0.3, 0.4) is 0 Å². The van der Waals surface area contributed by atoms with Crippen LogP contribution in [0.5, 0.6) is 11.5 Å². The van der Waals surface area contributed by atoms with E-state index in [-0.39, 0.29) is 30.7 Å². The Morgan fingerprint density at radius 2 is 1.72 bits per heavy atom. The van der Waals surface area contributed by atoms with Crippen LogP contribution < -0.4 is 20.7 Å². The number of piperidine rings is 1. The van der Waals surface area contributed by atoms with Crippen LogP contribution in [-0.4, -0.2) is 35.0 Å². The first-order valence-corrected chi connectivity index (χ1v) is 16.1. The van der Waals surface area contributed by atoms with E-state index >= 15 is 0 Å². The van der Waals surface area contributed by atoms with Crippen molar-refractivity contribution in [2.75, 3.05) is 11.9 Å². The number of carbonyl (C=O) groups excluding carboxylic acids is 3. The number of nitrogens with one attached hydrogen (secondary N) is 3. The van der Waals surface area contributed by atoms with Gasteiger partial charge in [-0.2, -0.15) is 0 Å². The van der Waals surface area contributed by atoms with Crippen molar-refractivity contribution in [1.82, 2.24) is 10.6 Å². The van der Waals surface area contributed by atoms with Crippen LogP contribution in [0.25, 0.3) is 0 Å². The Kier molecular flexibility index (Phi) is 10.1. The third-order valence-electron chi connectivity index (χ3n) is 7.87. The average Bonchev–Trinajstić information content (AvgIpc) is 3.30. The summed E-state index contributed by atoms with van der Waals surface area (Å²) in [7, 11) is 0. The monoisotopic (exact) mass is 723 g/mol. The number of anilines is 1. The Hall–Kier alpha value is -3.89. The molecule has 1 fully saturated rings. The first-order chi connectivity index (χ1) is 21.9. The fourth-order valence-corrected chi connectivity index (χ4v) is 6.22. The number of amides is 3. The number of rotatable bonds is 6. The molecule has 2 atom stereocenters. The second kappa shape index (κ2) is 13.8. The molecule has 238 valence electrons. The maximum atomic E-state index is 13.6. The van der Waals surface area contributed by atoms with Gasteiger partial charge in [0.15, 0.2) is 0 Å². The van der Waals surface area contributed by atoms with Gasteiger partial charge in [0.2, 0.25) is 11.8 Å². The van der Waals surface area contributed by atoms with Crippen molar-refractivity contribution in [3.8, 4) is 11.5 Å². The van der Waals surface area contributed by atoms with Crippen molar-refractivity contribution in [1.29, 1.82) is 0 Å². The molecule has 4 N–H and O–H groups in total. The van der Waals surface area contributed by atoms with Gasteiger partial charge in [-0.3, -0.25) is 14.4 Å². The highest BCUT2D eigenvalue weighted by atomic mass is 79.9. The molecule has 2 heterocycles. The smallest absolute Gasteiger partial charge is 0.251 e. The summed E-state index contributed by atoms with van der Waals surface area (Å²) < 4.78 is 7.02. The lowest BCUT2D eigenvalue weighted by Gasteiger charge is -2.40. The zero-order chi connectivity index (χ0) is 33.1. The van der Waals surface area contributed by atoms with E-state index in [1.165, 1.54) is 0 Å². The van der Waals surface area contributed by atoms with Crippen LogP contribution in [0.1, 0.15) is 54.2 Å². The molecule has 11 heteroatoms. The maximum Gasteiger partial charge on any atom is 0.251 e. The van der Waals surface area contributed by atoms with E-state index in [0.29, 0.717) is 39.8 Å². The number of aliphatic hydroxyl groups is 1. The van der Waals surface area contributed by atoms with Crippen LogP contribution in [-0.2, 0) is 15.0 Å². The van der Waals surface area contributed by atoms with Crippen molar-refractivity contribution in [3.05, 3.63) is 122 Å². The molecule has 2 aliphatic rings. The first kappa shape index (κ1) is 33.5. The van der Waals surface area contributed by atoms with Crippen LogP contribution in [0.4, 0.5) is 5.69 Å². The molecule has 8 nitrogen and oxygen atoms in total. The summed E-state index contributed by atoms with van der Waals surface area (Å²) >= 11 is 15.3. The minimum atomic E-state index is -1.05. The lowest BCUT2D eigenvalue weighted by molar-refractivity contribution is -0.130. The third kappa shape index (κ3) is 7.23. The SMILES string of the molecule is CC(C)(CO)NC(=O)c1ccc(Oc2ccc(Br)cc2[C@H]2NC(=O)CC[C@]23C(=O)Nc2cc(Cl)ccc23)cc1.Clc1ccccc1. The normalized spacial score (nSPS) is 18.5. The van der Waals surface area contributed by atoms with E-state index in [4.69, 9.17) is 27.9 Å². The van der Waals surface area contributed by atoms with E-state index in [1.807, 2.05) is 48.5 Å². The van der Waals surface area contributed by atoms with Crippen molar-refractivity contribution >= 4 is 62.5 Å². The number of hydrogen-bond acceptors (Lipinski definition) is 5. The van der Waals surface area contributed by atoms with E-state index in [2.05, 4.69) is 31.9 Å². The molecule has 46 heavy (non-hydrogen) atoms. The molecule has 2 aliphatic heterocycles. The fraction of sp³-hybridized carbons (Fsp3) is 0.229. The summed E-state index contributed by atoms with van der Waals surface area (Å²) in [4.78, 5) is 38.8. The van der Waals surface area contributed by atoms with Crippen LogP contribution in [0, 0.1) is 0 Å². The second-order valence-corrected chi connectivity index (χ2v) is 13.5. The van der Waals surface area contributed by atoms with Crippen molar-refractivity contribution in [2.24, 2.45) is 0 Å². The van der Waals surface area contributed by atoms with Gasteiger partial charge in [-0.05, 0) is 92.6 Å². The molecule has 0 aliphatic carbocycles. The molecular weight excluding hydrogens is 693 g/mol. The van der Waals surface area contributed by atoms with Crippen molar-refractivity contribution < 1.29 is 24.2 Å². The van der Waals surface area contributed by atoms with Gasteiger partial charge >= 0.3 is 0 Å². The predicted octanol–water partition coefficient (Wildman–Crippen LogP) is 7.58. The van der Waals surface area contributed by atoms with Gasteiger partial charge in [0.1, 0.15) is 16.9 Å². The number of benzene rings is 4. The van der Waals surface area contributed by atoms with Crippen LogP contribution in [0.15, 0.2) is 95.5 Å². The molecule has 0 radical (unpaired) electrons. The van der Waals surface area contributed by atoms with Gasteiger partial charge in [-0.15, -0.1) is 0 Å². The fourth-order valence-electron chi connectivity index (χ4n) is 5.53. The van der Waals surface area contributed by atoms with Gasteiger partial charge < -0.3 is 25.8 Å².